The van der Waals surface area contributed by atoms with Crippen LogP contribution >= 0.6 is 0 Å². The van der Waals surface area contributed by atoms with Gasteiger partial charge in [0.15, 0.2) is 11.6 Å². The van der Waals surface area contributed by atoms with Crippen LogP contribution in [0.3, 0.4) is 0 Å². The molecule has 0 fully saturated rings. The van der Waals surface area contributed by atoms with Gasteiger partial charge in [0.1, 0.15) is 5.82 Å². The van der Waals surface area contributed by atoms with Crippen LogP contribution in [0, 0.1) is 11.6 Å². The molecule has 1 amide bonds. The Bertz CT molecular complexity index is 734. The molecule has 0 saturated heterocycles. The van der Waals surface area contributed by atoms with Crippen LogP contribution in [0.4, 0.5) is 8.78 Å². The SMILES string of the molecule is COCCN(C)C(=O)c1cccc(-c2cc(F)c(OC)cc2F)c1. The molecule has 0 spiro atoms. The van der Waals surface area contributed by atoms with Gasteiger partial charge >= 0.3 is 0 Å². The first-order chi connectivity index (χ1) is 11.5. The van der Waals surface area contributed by atoms with Crippen molar-refractivity contribution in [3.8, 4) is 16.9 Å². The summed E-state index contributed by atoms with van der Waals surface area (Å²) in [5.41, 5.74) is 0.879. The Morgan fingerprint density at radius 3 is 2.54 bits per heavy atom. The van der Waals surface area contributed by atoms with Crippen molar-refractivity contribution in [1.29, 1.82) is 0 Å². The maximum Gasteiger partial charge on any atom is 0.253 e. The molecule has 128 valence electrons. The Balaban J connectivity index is 2.34. The topological polar surface area (TPSA) is 38.8 Å². The Kier molecular flexibility index (Phi) is 5.87. The average molecular weight is 335 g/mol. The molecule has 2 rings (SSSR count). The number of rotatable bonds is 6. The third-order valence-corrected chi connectivity index (χ3v) is 3.64. The summed E-state index contributed by atoms with van der Waals surface area (Å²) in [6.07, 6.45) is 0. The maximum absolute atomic E-state index is 14.2. The standard InChI is InChI=1S/C18H19F2NO3/c1-21(7-8-23-2)18(22)13-6-4-5-12(9-13)14-10-16(20)17(24-3)11-15(14)19/h4-6,9-11H,7-8H2,1-3H3. The second kappa shape index (κ2) is 7.88. The lowest BCUT2D eigenvalue weighted by molar-refractivity contribution is 0.0744. The van der Waals surface area contributed by atoms with E-state index in [0.717, 1.165) is 12.1 Å². The Morgan fingerprint density at radius 1 is 1.12 bits per heavy atom. The number of ether oxygens (including phenoxy) is 2. The van der Waals surface area contributed by atoms with Gasteiger partial charge in [-0.05, 0) is 23.8 Å². The molecule has 0 aliphatic rings. The van der Waals surface area contributed by atoms with Crippen molar-refractivity contribution < 1.29 is 23.0 Å². The molecule has 2 aromatic rings. The van der Waals surface area contributed by atoms with E-state index in [-0.39, 0.29) is 17.2 Å². The number of hydrogen-bond donors (Lipinski definition) is 0. The van der Waals surface area contributed by atoms with Crippen LogP contribution < -0.4 is 4.74 Å². The molecular formula is C18H19F2NO3. The van der Waals surface area contributed by atoms with Gasteiger partial charge in [-0.2, -0.15) is 0 Å². The largest absolute Gasteiger partial charge is 0.494 e. The summed E-state index contributed by atoms with van der Waals surface area (Å²) in [4.78, 5) is 13.9. The molecule has 4 nitrogen and oxygen atoms in total. The van der Waals surface area contributed by atoms with E-state index in [1.54, 1.807) is 32.4 Å². The zero-order valence-electron chi connectivity index (χ0n) is 13.8. The van der Waals surface area contributed by atoms with Crippen molar-refractivity contribution in [2.45, 2.75) is 0 Å². The van der Waals surface area contributed by atoms with E-state index < -0.39 is 11.6 Å². The Labute approximate surface area is 139 Å². The van der Waals surface area contributed by atoms with Crippen LogP contribution in [0.25, 0.3) is 11.1 Å². The number of nitrogens with zero attached hydrogens (tertiary/aromatic N) is 1. The van der Waals surface area contributed by atoms with E-state index >= 15 is 0 Å². The number of carbonyl (C=O) groups excluding carboxylic acids is 1. The number of halogens is 2. The van der Waals surface area contributed by atoms with E-state index in [2.05, 4.69) is 0 Å². The first-order valence-corrected chi connectivity index (χ1v) is 7.35. The van der Waals surface area contributed by atoms with Gasteiger partial charge in [0.2, 0.25) is 0 Å². The lowest BCUT2D eigenvalue weighted by atomic mass is 10.0. The fourth-order valence-corrected chi connectivity index (χ4v) is 2.28. The van der Waals surface area contributed by atoms with Crippen molar-refractivity contribution in [3.05, 3.63) is 53.6 Å². The molecule has 2 aromatic carbocycles. The highest BCUT2D eigenvalue weighted by Gasteiger charge is 2.15. The summed E-state index contributed by atoms with van der Waals surface area (Å²) < 4.78 is 37.8. The third-order valence-electron chi connectivity index (χ3n) is 3.64. The lowest BCUT2D eigenvalue weighted by Crippen LogP contribution is -2.29. The predicted molar refractivity (Wildman–Crippen MR) is 87.2 cm³/mol. The summed E-state index contributed by atoms with van der Waals surface area (Å²) >= 11 is 0. The monoisotopic (exact) mass is 335 g/mol. The molecule has 0 aromatic heterocycles. The van der Waals surface area contributed by atoms with Gasteiger partial charge in [0.25, 0.3) is 5.91 Å². The minimum atomic E-state index is -0.664. The molecule has 0 N–H and O–H groups in total. The number of hydrogen-bond acceptors (Lipinski definition) is 3. The minimum Gasteiger partial charge on any atom is -0.494 e. The van der Waals surface area contributed by atoms with Crippen LogP contribution in [-0.4, -0.2) is 45.2 Å². The van der Waals surface area contributed by atoms with E-state index in [4.69, 9.17) is 9.47 Å². The van der Waals surface area contributed by atoms with Crippen LogP contribution in [-0.2, 0) is 4.74 Å². The van der Waals surface area contributed by atoms with E-state index in [1.807, 2.05) is 0 Å². The van der Waals surface area contributed by atoms with Gasteiger partial charge in [-0.1, -0.05) is 12.1 Å². The average Bonchev–Trinajstić information content (AvgIpc) is 2.60. The van der Waals surface area contributed by atoms with Crippen LogP contribution in [0.1, 0.15) is 10.4 Å². The number of methoxy groups -OCH3 is 2. The van der Waals surface area contributed by atoms with Crippen molar-refractivity contribution in [2.75, 3.05) is 34.4 Å². The quantitative estimate of drug-likeness (QED) is 0.812. The third kappa shape index (κ3) is 3.89. The van der Waals surface area contributed by atoms with Crippen LogP contribution in [0.2, 0.25) is 0 Å². The summed E-state index contributed by atoms with van der Waals surface area (Å²) in [6, 6.07) is 8.48. The van der Waals surface area contributed by atoms with Crippen molar-refractivity contribution in [3.63, 3.8) is 0 Å². The van der Waals surface area contributed by atoms with Gasteiger partial charge < -0.3 is 14.4 Å². The molecule has 0 unspecified atom stereocenters. The summed E-state index contributed by atoms with van der Waals surface area (Å²) in [5.74, 6) is -1.67. The number of amides is 1. The molecule has 0 atom stereocenters. The fraction of sp³-hybridized carbons (Fsp3) is 0.278. The Hall–Kier alpha value is -2.47. The molecule has 6 heteroatoms. The van der Waals surface area contributed by atoms with E-state index in [0.29, 0.717) is 24.3 Å². The molecule has 0 bridgehead atoms. The fourth-order valence-electron chi connectivity index (χ4n) is 2.28. The van der Waals surface area contributed by atoms with Crippen molar-refractivity contribution >= 4 is 5.91 Å². The van der Waals surface area contributed by atoms with Crippen LogP contribution in [0.15, 0.2) is 36.4 Å². The van der Waals surface area contributed by atoms with Gasteiger partial charge in [-0.25, -0.2) is 8.78 Å². The molecule has 0 aliphatic carbocycles. The molecular weight excluding hydrogens is 316 g/mol. The lowest BCUT2D eigenvalue weighted by Gasteiger charge is -2.17. The number of benzene rings is 2. The number of likely N-dealkylation sites (N-methyl/N-ethyl adjacent to an activating group) is 1. The zero-order chi connectivity index (χ0) is 17.7. The number of carbonyl (C=O) groups is 1. The van der Waals surface area contributed by atoms with Crippen molar-refractivity contribution in [2.24, 2.45) is 0 Å². The van der Waals surface area contributed by atoms with Gasteiger partial charge in [0, 0.05) is 37.9 Å². The molecule has 24 heavy (non-hydrogen) atoms. The summed E-state index contributed by atoms with van der Waals surface area (Å²) in [6.45, 7) is 0.853. The maximum atomic E-state index is 14.2. The first-order valence-electron chi connectivity index (χ1n) is 7.35. The minimum absolute atomic E-state index is 0.0718. The van der Waals surface area contributed by atoms with Crippen LogP contribution in [0.5, 0.6) is 5.75 Å². The smallest absolute Gasteiger partial charge is 0.253 e. The second-order valence-corrected chi connectivity index (χ2v) is 5.27. The summed E-state index contributed by atoms with van der Waals surface area (Å²) in [7, 11) is 4.48. The predicted octanol–water partition coefficient (Wildman–Crippen LogP) is 3.36. The zero-order valence-corrected chi connectivity index (χ0v) is 13.8. The Morgan fingerprint density at radius 2 is 1.88 bits per heavy atom. The first kappa shape index (κ1) is 17.9. The second-order valence-electron chi connectivity index (χ2n) is 5.27. The highest BCUT2D eigenvalue weighted by Crippen LogP contribution is 2.29. The van der Waals surface area contributed by atoms with Gasteiger partial charge in [-0.15, -0.1) is 0 Å². The molecule has 0 radical (unpaired) electrons. The normalized spacial score (nSPS) is 10.5. The molecule has 0 heterocycles. The molecule has 0 saturated carbocycles. The van der Waals surface area contributed by atoms with Gasteiger partial charge in [-0.3, -0.25) is 4.79 Å². The van der Waals surface area contributed by atoms with E-state index in [9.17, 15) is 13.6 Å². The van der Waals surface area contributed by atoms with Crippen molar-refractivity contribution in [1.82, 2.24) is 4.90 Å². The van der Waals surface area contributed by atoms with E-state index in [1.165, 1.54) is 18.1 Å². The summed E-state index contributed by atoms with van der Waals surface area (Å²) in [5, 5.41) is 0. The highest BCUT2D eigenvalue weighted by atomic mass is 19.1. The molecule has 0 aliphatic heterocycles. The highest BCUT2D eigenvalue weighted by molar-refractivity contribution is 5.95. The van der Waals surface area contributed by atoms with Gasteiger partial charge in [0.05, 0.1) is 13.7 Å².